The van der Waals surface area contributed by atoms with Gasteiger partial charge in [0.15, 0.2) is 6.54 Å². The fourth-order valence-corrected chi connectivity index (χ4v) is 10.3. The van der Waals surface area contributed by atoms with E-state index in [1.54, 1.807) is 47.5 Å². The third kappa shape index (κ3) is 8.04. The van der Waals surface area contributed by atoms with E-state index in [0.29, 0.717) is 47.1 Å². The molecule has 0 bridgehead atoms. The van der Waals surface area contributed by atoms with Gasteiger partial charge in [0.25, 0.3) is 0 Å². The van der Waals surface area contributed by atoms with Crippen molar-refractivity contribution in [3.8, 4) is 5.75 Å². The molecule has 4 heterocycles. The average molecular weight is 871 g/mol. The van der Waals surface area contributed by atoms with E-state index < -0.39 is 17.6 Å². The van der Waals surface area contributed by atoms with E-state index in [9.17, 15) is 9.59 Å². The fraction of sp³-hybridized carbons (Fsp3) is 0.157. The summed E-state index contributed by atoms with van der Waals surface area (Å²) in [4.78, 5) is 49.7. The molecule has 314 valence electrons. The summed E-state index contributed by atoms with van der Waals surface area (Å²) in [5, 5.41) is 9.74. The number of esters is 1. The number of ether oxygens (including phenoxy) is 2. The molecule has 10 nitrogen and oxygen atoms in total. The number of fused-ring (bicyclic) bond motifs is 2. The number of carbonyl (C=O) groups is 3. The second kappa shape index (κ2) is 18.2. The molecule has 2 unspecified atom stereocenters. The Morgan fingerprint density at radius 1 is 0.905 bits per heavy atom. The number of pyridine rings is 1. The van der Waals surface area contributed by atoms with Crippen LogP contribution in [0.1, 0.15) is 46.1 Å². The number of anilines is 1. The Bertz CT molecular complexity index is 2720. The maximum atomic E-state index is 15.5. The smallest absolute Gasteiger partial charge is 0.356 e. The lowest BCUT2D eigenvalue weighted by atomic mass is 9.76. The molecule has 2 aliphatic rings. The molecule has 2 N–H and O–H groups in total. The standard InChI is InChI=1S/C51H43N5O5S2/c1-3-27-55-43-22-14-13-15-35(43)28-41(47(55)40-31-63-45-29-44(57)56(45)48(40)50(59)61-30-34-23-25-39(60-2)26-24-34)53-49(58)46(42-32-62-33-52-42)54-51(36-16-7-4-8-17-36,37-18-9-5-10-19-37)38-20-11-6-12-21-38/h3-26,28,32-33,45-46,54H,1,27,29-31H2,2H3/p+1. The number of nitrogens with one attached hydrogen (secondary N) is 2. The van der Waals surface area contributed by atoms with Gasteiger partial charge >= 0.3 is 5.97 Å². The minimum Gasteiger partial charge on any atom is -0.497 e. The predicted molar refractivity (Wildman–Crippen MR) is 248 cm³/mol. The van der Waals surface area contributed by atoms with E-state index >= 15 is 4.79 Å². The largest absolute Gasteiger partial charge is 0.497 e. The molecule has 2 aromatic heterocycles. The summed E-state index contributed by atoms with van der Waals surface area (Å²) >= 11 is 2.98. The second-order valence-corrected chi connectivity index (χ2v) is 17.1. The summed E-state index contributed by atoms with van der Waals surface area (Å²) < 4.78 is 13.4. The highest BCUT2D eigenvalue weighted by Gasteiger charge is 2.48. The molecule has 0 radical (unpaired) electrons. The molecule has 2 amide bonds. The van der Waals surface area contributed by atoms with Crippen molar-refractivity contribution in [2.24, 2.45) is 0 Å². The Morgan fingerprint density at radius 2 is 1.54 bits per heavy atom. The number of hydrogen-bond donors (Lipinski definition) is 2. The number of β-lactam (4-membered cyclic amide) rings is 1. The zero-order valence-electron chi connectivity index (χ0n) is 34.5. The molecule has 63 heavy (non-hydrogen) atoms. The zero-order chi connectivity index (χ0) is 43.3. The van der Waals surface area contributed by atoms with Gasteiger partial charge in [-0.15, -0.1) is 23.1 Å². The van der Waals surface area contributed by atoms with Crippen molar-refractivity contribution in [2.45, 2.75) is 36.5 Å². The second-order valence-electron chi connectivity index (χ2n) is 15.2. The van der Waals surface area contributed by atoms with Gasteiger partial charge in [-0.25, -0.2) is 9.78 Å². The Hall–Kier alpha value is -6.86. The van der Waals surface area contributed by atoms with Crippen LogP contribution in [0.4, 0.5) is 5.69 Å². The molecule has 2 aliphatic heterocycles. The van der Waals surface area contributed by atoms with Crippen molar-refractivity contribution in [3.05, 3.63) is 208 Å². The molecule has 0 spiro atoms. The van der Waals surface area contributed by atoms with E-state index in [2.05, 4.69) is 53.6 Å². The quantitative estimate of drug-likeness (QED) is 0.0346. The molecule has 12 heteroatoms. The predicted octanol–water partition coefficient (Wildman–Crippen LogP) is 8.80. The summed E-state index contributed by atoms with van der Waals surface area (Å²) in [7, 11) is 1.59. The van der Waals surface area contributed by atoms with Crippen LogP contribution in [-0.2, 0) is 37.8 Å². The van der Waals surface area contributed by atoms with Crippen LogP contribution in [0.5, 0.6) is 5.75 Å². The van der Waals surface area contributed by atoms with Crippen LogP contribution in [0.15, 0.2) is 175 Å². The number of amides is 2. The van der Waals surface area contributed by atoms with Gasteiger partial charge in [0, 0.05) is 22.6 Å². The van der Waals surface area contributed by atoms with Crippen LogP contribution in [0.25, 0.3) is 16.5 Å². The number of aromatic nitrogens is 2. The summed E-state index contributed by atoms with van der Waals surface area (Å²) in [6.45, 7) is 4.42. The SMILES string of the molecule is C=CC[n+]1c(C2=C(C(=O)OCc3ccc(OC)cc3)N3C(=O)CC3SC2)c(NC(=O)C(NC(c2ccccc2)(c2ccccc2)c2ccccc2)c2cscn2)cc2ccccc21. The maximum Gasteiger partial charge on any atom is 0.356 e. The fourth-order valence-electron chi connectivity index (χ4n) is 8.48. The summed E-state index contributed by atoms with van der Waals surface area (Å²) in [6.07, 6.45) is 2.10. The molecule has 1 fully saturated rings. The van der Waals surface area contributed by atoms with E-state index in [0.717, 1.165) is 33.2 Å². The monoisotopic (exact) mass is 870 g/mol. The van der Waals surface area contributed by atoms with E-state index in [-0.39, 0.29) is 29.5 Å². The molecule has 5 aromatic carbocycles. The van der Waals surface area contributed by atoms with Crippen molar-refractivity contribution in [3.63, 3.8) is 0 Å². The van der Waals surface area contributed by atoms with Gasteiger partial charge in [-0.1, -0.05) is 122 Å². The molecule has 7 aromatic rings. The van der Waals surface area contributed by atoms with Gasteiger partial charge in [-0.3, -0.25) is 19.8 Å². The first-order valence-electron chi connectivity index (χ1n) is 20.6. The Kier molecular flexibility index (Phi) is 12.0. The zero-order valence-corrected chi connectivity index (χ0v) is 36.1. The lowest BCUT2D eigenvalue weighted by Crippen LogP contribution is -2.54. The van der Waals surface area contributed by atoms with E-state index in [1.807, 2.05) is 107 Å². The third-order valence-corrected chi connectivity index (χ3v) is 13.3. The van der Waals surface area contributed by atoms with Gasteiger partial charge in [0.05, 0.1) is 41.2 Å². The number of benzene rings is 5. The van der Waals surface area contributed by atoms with Crippen molar-refractivity contribution in [2.75, 3.05) is 18.2 Å². The molecule has 1 saturated heterocycles. The first-order chi connectivity index (χ1) is 30.9. The lowest BCUT2D eigenvalue weighted by molar-refractivity contribution is -0.662. The molecule has 0 aliphatic carbocycles. The normalized spacial score (nSPS) is 15.3. The topological polar surface area (TPSA) is 114 Å². The lowest BCUT2D eigenvalue weighted by Gasteiger charge is -2.44. The van der Waals surface area contributed by atoms with Crippen molar-refractivity contribution < 1.29 is 28.4 Å². The van der Waals surface area contributed by atoms with E-state index in [1.165, 1.54) is 11.3 Å². The van der Waals surface area contributed by atoms with Crippen LogP contribution in [0.2, 0.25) is 0 Å². The van der Waals surface area contributed by atoms with Crippen molar-refractivity contribution in [1.82, 2.24) is 15.2 Å². The highest BCUT2D eigenvalue weighted by Crippen LogP contribution is 2.45. The number of allylic oxidation sites excluding steroid dienone is 1. The van der Waals surface area contributed by atoms with Crippen molar-refractivity contribution >= 4 is 63.0 Å². The summed E-state index contributed by atoms with van der Waals surface area (Å²) in [6, 6.07) is 46.4. The highest BCUT2D eigenvalue weighted by atomic mass is 32.2. The number of carbonyl (C=O) groups excluding carboxylic acids is 3. The van der Waals surface area contributed by atoms with Gasteiger partial charge in [0.1, 0.15) is 29.8 Å². The van der Waals surface area contributed by atoms with Crippen LogP contribution >= 0.6 is 23.1 Å². The van der Waals surface area contributed by atoms with E-state index in [4.69, 9.17) is 14.5 Å². The Balaban J connectivity index is 1.20. The Morgan fingerprint density at radius 3 is 2.13 bits per heavy atom. The summed E-state index contributed by atoms with van der Waals surface area (Å²) in [5.41, 5.74) is 7.42. The maximum absolute atomic E-state index is 15.5. The molecular formula is C51H44N5O5S2+. The first kappa shape index (κ1) is 41.5. The minimum atomic E-state index is -1.01. The minimum absolute atomic E-state index is 0.0135. The average Bonchev–Trinajstić information content (AvgIpc) is 3.87. The number of thiazole rings is 1. The van der Waals surface area contributed by atoms with Gasteiger partial charge in [-0.05, 0) is 52.6 Å². The van der Waals surface area contributed by atoms with Gasteiger partial charge in [0.2, 0.25) is 23.0 Å². The highest BCUT2D eigenvalue weighted by molar-refractivity contribution is 8.00. The van der Waals surface area contributed by atoms with Crippen molar-refractivity contribution in [1.29, 1.82) is 0 Å². The van der Waals surface area contributed by atoms with Gasteiger partial charge < -0.3 is 14.8 Å². The first-order valence-corrected chi connectivity index (χ1v) is 22.6. The number of thioether (sulfide) groups is 1. The van der Waals surface area contributed by atoms with Crippen LogP contribution in [-0.4, -0.2) is 45.9 Å². The number of para-hydroxylation sites is 1. The molecule has 2 atom stereocenters. The summed E-state index contributed by atoms with van der Waals surface area (Å²) in [5.74, 6) is -0.110. The third-order valence-electron chi connectivity index (χ3n) is 11.5. The number of rotatable bonds is 15. The number of methoxy groups -OCH3 is 1. The molecular weight excluding hydrogens is 827 g/mol. The molecule has 9 rings (SSSR count). The van der Waals surface area contributed by atoms with Crippen LogP contribution in [0.3, 0.4) is 0 Å². The van der Waals surface area contributed by atoms with Gasteiger partial charge in [-0.2, -0.15) is 4.57 Å². The Labute approximate surface area is 373 Å². The number of nitrogens with zero attached hydrogens (tertiary/aromatic N) is 3. The number of hydrogen-bond acceptors (Lipinski definition) is 9. The van der Waals surface area contributed by atoms with Crippen LogP contribution in [0, 0.1) is 0 Å². The van der Waals surface area contributed by atoms with Crippen LogP contribution < -0.4 is 19.9 Å². The molecule has 0 saturated carbocycles.